The first-order chi connectivity index (χ1) is 24.2. The molecule has 8 rings (SSSR count). The highest BCUT2D eigenvalue weighted by Gasteiger charge is 2.82. The van der Waals surface area contributed by atoms with E-state index >= 15 is 14.4 Å². The molecule has 2 amide bonds. The van der Waals surface area contributed by atoms with Crippen LogP contribution in [0.5, 0.6) is 5.75 Å². The highest BCUT2D eigenvalue weighted by molar-refractivity contribution is 6.39. The Morgan fingerprint density at radius 3 is 1.46 bits per heavy atom. The fourth-order valence-electron chi connectivity index (χ4n) is 8.89. The van der Waals surface area contributed by atoms with E-state index in [2.05, 4.69) is 0 Å². The molecule has 1 heterocycles. The third-order valence-corrected chi connectivity index (χ3v) is 11.0. The molecule has 246 valence electrons. The number of ketones is 2. The van der Waals surface area contributed by atoms with Gasteiger partial charge in [-0.05, 0) is 72.4 Å². The normalized spacial score (nSPS) is 23.8. The third kappa shape index (κ3) is 4.02. The molecule has 6 nitrogen and oxygen atoms in total. The van der Waals surface area contributed by atoms with Crippen LogP contribution in [0.25, 0.3) is 11.1 Å². The Labute approximate surface area is 291 Å². The second kappa shape index (κ2) is 11.3. The zero-order valence-corrected chi connectivity index (χ0v) is 28.3. The number of nitrogens with zero attached hydrogens (tertiary/aromatic N) is 1. The minimum absolute atomic E-state index is 0.186. The van der Waals surface area contributed by atoms with Gasteiger partial charge in [0.2, 0.25) is 11.8 Å². The predicted molar refractivity (Wildman–Crippen MR) is 193 cm³/mol. The lowest BCUT2D eigenvalue weighted by Gasteiger charge is -2.39. The van der Waals surface area contributed by atoms with E-state index in [1.165, 1.54) is 18.9 Å². The third-order valence-electron chi connectivity index (χ3n) is 11.0. The van der Waals surface area contributed by atoms with E-state index in [0.29, 0.717) is 16.7 Å². The van der Waals surface area contributed by atoms with Crippen LogP contribution < -0.4 is 9.64 Å². The van der Waals surface area contributed by atoms with Gasteiger partial charge in [0.15, 0.2) is 11.6 Å². The number of hydrogen-bond acceptors (Lipinski definition) is 5. The average Bonchev–Trinajstić information content (AvgIpc) is 3.64. The number of anilines is 1. The Morgan fingerprint density at radius 1 is 0.620 bits per heavy atom. The number of carbonyl (C=O) groups excluding carboxylic acids is 4. The predicted octanol–water partition coefficient (Wildman–Crippen LogP) is 7.70. The van der Waals surface area contributed by atoms with Crippen LogP contribution in [0.1, 0.15) is 50.7 Å². The summed E-state index contributed by atoms with van der Waals surface area (Å²) in [6, 6.07) is 39.8. The summed E-state index contributed by atoms with van der Waals surface area (Å²) in [6.07, 6.45) is 0. The molecule has 1 saturated carbocycles. The molecule has 0 spiro atoms. The molecule has 50 heavy (non-hydrogen) atoms. The van der Waals surface area contributed by atoms with Crippen molar-refractivity contribution in [3.05, 3.63) is 166 Å². The molecule has 4 atom stereocenters. The number of carbonyl (C=O) groups is 4. The van der Waals surface area contributed by atoms with Crippen LogP contribution >= 0.6 is 0 Å². The lowest BCUT2D eigenvalue weighted by atomic mass is 9.59. The molecule has 0 unspecified atom stereocenters. The molecule has 1 aliphatic heterocycles. The summed E-state index contributed by atoms with van der Waals surface area (Å²) >= 11 is 0. The Hall–Kier alpha value is -5.88. The first-order valence-electron chi connectivity index (χ1n) is 16.8. The van der Waals surface area contributed by atoms with Crippen molar-refractivity contribution in [2.24, 2.45) is 11.8 Å². The molecule has 5 aromatic rings. The minimum atomic E-state index is -1.52. The number of fused-ring (bicyclic) bond motifs is 5. The fraction of sp³-hybridized carbons (Fsp3) is 0.182. The molecule has 6 heteroatoms. The number of benzene rings is 5. The van der Waals surface area contributed by atoms with Crippen molar-refractivity contribution in [1.82, 2.24) is 0 Å². The summed E-state index contributed by atoms with van der Waals surface area (Å²) in [4.78, 5) is 60.5. The zero-order chi connectivity index (χ0) is 34.9. The van der Waals surface area contributed by atoms with E-state index in [0.717, 1.165) is 33.4 Å². The van der Waals surface area contributed by atoms with Gasteiger partial charge in [-0.1, -0.05) is 120 Å². The van der Waals surface area contributed by atoms with E-state index in [9.17, 15) is 4.79 Å². The van der Waals surface area contributed by atoms with Gasteiger partial charge in [0.05, 0.1) is 35.5 Å². The highest BCUT2D eigenvalue weighted by atomic mass is 16.5. The van der Waals surface area contributed by atoms with Crippen LogP contribution in [0, 0.1) is 25.7 Å². The smallest absolute Gasteiger partial charge is 0.239 e. The molecule has 3 aliphatic rings. The number of rotatable bonds is 7. The van der Waals surface area contributed by atoms with Gasteiger partial charge < -0.3 is 4.74 Å². The van der Waals surface area contributed by atoms with Gasteiger partial charge in [-0.3, -0.25) is 19.2 Å². The van der Waals surface area contributed by atoms with Gasteiger partial charge in [-0.15, -0.1) is 0 Å². The number of aryl methyl sites for hydroxylation is 2. The quantitative estimate of drug-likeness (QED) is 0.132. The van der Waals surface area contributed by atoms with Crippen molar-refractivity contribution in [2.75, 3.05) is 12.0 Å². The largest absolute Gasteiger partial charge is 0.495 e. The molecular formula is C44H35NO5. The van der Waals surface area contributed by atoms with Crippen LogP contribution in [0.15, 0.2) is 127 Å². The van der Waals surface area contributed by atoms with Gasteiger partial charge in [-0.25, -0.2) is 4.90 Å². The number of methoxy groups -OCH3 is 1. The summed E-state index contributed by atoms with van der Waals surface area (Å²) in [5.74, 6) is -3.28. The van der Waals surface area contributed by atoms with Crippen molar-refractivity contribution in [3.63, 3.8) is 0 Å². The number of imide groups is 1. The number of amides is 2. The van der Waals surface area contributed by atoms with Gasteiger partial charge >= 0.3 is 0 Å². The zero-order valence-electron chi connectivity index (χ0n) is 28.3. The van der Waals surface area contributed by atoms with E-state index in [1.807, 2.05) is 123 Å². The van der Waals surface area contributed by atoms with Crippen LogP contribution in [0.2, 0.25) is 0 Å². The Balaban J connectivity index is 1.54. The van der Waals surface area contributed by atoms with Gasteiger partial charge in [0.25, 0.3) is 0 Å². The van der Waals surface area contributed by atoms with Crippen molar-refractivity contribution < 1.29 is 23.9 Å². The molecule has 5 aromatic carbocycles. The molecule has 0 radical (unpaired) electrons. The van der Waals surface area contributed by atoms with Gasteiger partial charge in [0.1, 0.15) is 5.75 Å². The van der Waals surface area contributed by atoms with Crippen molar-refractivity contribution >= 4 is 40.2 Å². The van der Waals surface area contributed by atoms with E-state index < -0.39 is 34.5 Å². The standard InChI is InChI=1S/C44H35NO5/c1-26-15-19-29(20-16-26)36-37(30-21-17-27(2)18-22-30)44(33-13-9-6-10-14-33)39-38(43(36,42(44)49)32-11-7-5-8-12-32)40(47)45(41(39)48)34-25-31(28(3)46)23-24-35(34)50-4/h5-25,38-39H,1-4H3/t38-,39-,43+,44+/m1/s1. The van der Waals surface area contributed by atoms with Crippen molar-refractivity contribution in [1.29, 1.82) is 0 Å². The maximum absolute atomic E-state index is 16.1. The summed E-state index contributed by atoms with van der Waals surface area (Å²) in [6.45, 7) is 5.46. The van der Waals surface area contributed by atoms with Crippen molar-refractivity contribution in [3.8, 4) is 5.75 Å². The van der Waals surface area contributed by atoms with Crippen LogP contribution in [0.4, 0.5) is 5.69 Å². The van der Waals surface area contributed by atoms with E-state index in [1.54, 1.807) is 18.2 Å². The maximum Gasteiger partial charge on any atom is 0.239 e. The van der Waals surface area contributed by atoms with Gasteiger partial charge in [-0.2, -0.15) is 0 Å². The molecule has 2 fully saturated rings. The summed E-state index contributed by atoms with van der Waals surface area (Å²) in [5.41, 5.74) is 4.00. The van der Waals surface area contributed by atoms with Crippen LogP contribution in [-0.2, 0) is 25.2 Å². The van der Waals surface area contributed by atoms with E-state index in [4.69, 9.17) is 4.74 Å². The highest BCUT2D eigenvalue weighted by Crippen LogP contribution is 2.74. The number of Topliss-reactive ketones (excluding diaryl/α,β-unsaturated/α-hetero) is 2. The first kappa shape index (κ1) is 31.4. The summed E-state index contributed by atoms with van der Waals surface area (Å²) in [7, 11) is 1.47. The molecule has 0 N–H and O–H groups in total. The lowest BCUT2D eigenvalue weighted by molar-refractivity contribution is -0.130. The number of allylic oxidation sites excluding steroid dienone is 2. The summed E-state index contributed by atoms with van der Waals surface area (Å²) in [5, 5.41) is 0. The second-order valence-electron chi connectivity index (χ2n) is 13.6. The van der Waals surface area contributed by atoms with Gasteiger partial charge in [0, 0.05) is 5.56 Å². The SMILES string of the molecule is COc1ccc(C(C)=O)cc1N1C(=O)[C@H]2[C@H](C1=O)[C@@]1(c3ccccc3)C(=O)[C@@]2(c2ccccc2)C(c2ccc(C)cc2)=C1c1ccc(C)cc1. The fourth-order valence-corrected chi connectivity index (χ4v) is 8.89. The first-order valence-corrected chi connectivity index (χ1v) is 16.8. The van der Waals surface area contributed by atoms with Crippen molar-refractivity contribution in [2.45, 2.75) is 31.6 Å². The Kier molecular flexibility index (Phi) is 7.12. The molecule has 0 aromatic heterocycles. The van der Waals surface area contributed by atoms with E-state index in [-0.39, 0.29) is 23.0 Å². The maximum atomic E-state index is 16.1. The lowest BCUT2D eigenvalue weighted by Crippen LogP contribution is -2.45. The Morgan fingerprint density at radius 2 is 1.06 bits per heavy atom. The summed E-state index contributed by atoms with van der Waals surface area (Å²) < 4.78 is 5.69. The molecule has 2 aliphatic carbocycles. The molecular weight excluding hydrogens is 622 g/mol. The number of ether oxygens (including phenoxy) is 1. The second-order valence-corrected chi connectivity index (χ2v) is 13.6. The molecule has 1 saturated heterocycles. The topological polar surface area (TPSA) is 80.8 Å². The van der Waals surface area contributed by atoms with Crippen LogP contribution in [0.3, 0.4) is 0 Å². The monoisotopic (exact) mass is 657 g/mol. The molecule has 2 bridgehead atoms. The minimum Gasteiger partial charge on any atom is -0.495 e. The number of hydrogen-bond donors (Lipinski definition) is 0. The average molecular weight is 658 g/mol. The van der Waals surface area contributed by atoms with Crippen LogP contribution in [-0.4, -0.2) is 30.5 Å². The Bertz CT molecular complexity index is 2130.